The molecule has 0 spiro atoms. The third-order valence-corrected chi connectivity index (χ3v) is 6.89. The molecule has 3 rings (SSSR count). The van der Waals surface area contributed by atoms with Gasteiger partial charge in [-0.2, -0.15) is 12.7 Å². The lowest BCUT2D eigenvalue weighted by Crippen LogP contribution is -2.37. The Morgan fingerprint density at radius 1 is 1.13 bits per heavy atom. The second-order valence-electron chi connectivity index (χ2n) is 9.80. The molecule has 1 atom stereocenters. The molecule has 10 nitrogen and oxygen atoms in total. The number of alkyl carbamates (subject to hydrolysis) is 1. The van der Waals surface area contributed by atoms with E-state index < -0.39 is 34.0 Å². The van der Waals surface area contributed by atoms with E-state index in [0.717, 1.165) is 11.1 Å². The normalized spacial score (nSPS) is 16.0. The standard InChI is InChI=1S/C27H34N2O8S/c1-19-11-12-21(23(16-24(30)34-5)28-26(31)36-27(2,3)4)15-22(19)17-29-14-13-25(37-38(29,32)33)35-18-20-9-7-6-8-10-20/h6-13,15,23H,14,16-18H2,1-5H3,(H,28,31). The van der Waals surface area contributed by atoms with Gasteiger partial charge in [0.25, 0.3) is 5.95 Å². The molecule has 2 aromatic rings. The van der Waals surface area contributed by atoms with Crippen LogP contribution in [0, 0.1) is 6.92 Å². The number of carbonyl (C=O) groups is 2. The van der Waals surface area contributed by atoms with Crippen LogP contribution in [-0.4, -0.2) is 44.0 Å². The van der Waals surface area contributed by atoms with Crippen molar-refractivity contribution >= 4 is 22.4 Å². The number of nitrogens with one attached hydrogen (secondary N) is 1. The summed E-state index contributed by atoms with van der Waals surface area (Å²) in [6.45, 7) is 7.30. The Labute approximate surface area is 223 Å². The summed E-state index contributed by atoms with van der Waals surface area (Å²) in [6.07, 6.45) is 0.746. The summed E-state index contributed by atoms with van der Waals surface area (Å²) in [7, 11) is -2.85. The summed E-state index contributed by atoms with van der Waals surface area (Å²) >= 11 is 0. The Morgan fingerprint density at radius 3 is 2.47 bits per heavy atom. The van der Waals surface area contributed by atoms with Gasteiger partial charge in [-0.1, -0.05) is 48.5 Å². The van der Waals surface area contributed by atoms with Gasteiger partial charge in [0.2, 0.25) is 0 Å². The van der Waals surface area contributed by atoms with E-state index in [1.54, 1.807) is 45.0 Å². The minimum atomic E-state index is -4.11. The van der Waals surface area contributed by atoms with Crippen molar-refractivity contribution in [3.63, 3.8) is 0 Å². The van der Waals surface area contributed by atoms with Gasteiger partial charge in [0.05, 0.1) is 19.6 Å². The SMILES string of the molecule is COC(=O)CC(NC(=O)OC(C)(C)C)c1ccc(C)c(CN2CC=C(OCc3ccccc3)OS2(=O)=O)c1. The molecule has 38 heavy (non-hydrogen) atoms. The fraction of sp³-hybridized carbons (Fsp3) is 0.407. The summed E-state index contributed by atoms with van der Waals surface area (Å²) in [6, 6.07) is 13.9. The predicted octanol–water partition coefficient (Wildman–Crippen LogP) is 4.26. The van der Waals surface area contributed by atoms with Gasteiger partial charge in [-0.3, -0.25) is 4.79 Å². The number of carbonyl (C=O) groups excluding carboxylic acids is 2. The minimum Gasteiger partial charge on any atom is -0.469 e. The first kappa shape index (κ1) is 29.0. The van der Waals surface area contributed by atoms with Crippen LogP contribution in [0.5, 0.6) is 0 Å². The van der Waals surface area contributed by atoms with Gasteiger partial charge < -0.3 is 23.7 Å². The number of nitrogens with zero attached hydrogens (tertiary/aromatic N) is 1. The monoisotopic (exact) mass is 546 g/mol. The third-order valence-electron chi connectivity index (χ3n) is 5.60. The summed E-state index contributed by atoms with van der Waals surface area (Å²) in [4.78, 5) is 24.5. The van der Waals surface area contributed by atoms with Crippen molar-refractivity contribution in [1.29, 1.82) is 0 Å². The molecule has 0 radical (unpaired) electrons. The highest BCUT2D eigenvalue weighted by atomic mass is 32.2. The van der Waals surface area contributed by atoms with Gasteiger partial charge in [-0.15, -0.1) is 0 Å². The lowest BCUT2D eigenvalue weighted by Gasteiger charge is -2.27. The van der Waals surface area contributed by atoms with Crippen molar-refractivity contribution in [1.82, 2.24) is 9.62 Å². The van der Waals surface area contributed by atoms with Crippen LogP contribution >= 0.6 is 0 Å². The Balaban J connectivity index is 1.76. The highest BCUT2D eigenvalue weighted by Gasteiger charge is 2.31. The van der Waals surface area contributed by atoms with E-state index in [9.17, 15) is 18.0 Å². The lowest BCUT2D eigenvalue weighted by molar-refractivity contribution is -0.141. The maximum absolute atomic E-state index is 12.8. The molecule has 1 unspecified atom stereocenters. The van der Waals surface area contributed by atoms with E-state index in [1.165, 1.54) is 11.4 Å². The molecular weight excluding hydrogens is 512 g/mol. The number of aryl methyl sites for hydroxylation is 1. The van der Waals surface area contributed by atoms with E-state index in [4.69, 9.17) is 18.4 Å². The Hall–Kier alpha value is -3.57. The summed E-state index contributed by atoms with van der Waals surface area (Å²) < 4.78 is 47.7. The smallest absolute Gasteiger partial charge is 0.408 e. The summed E-state index contributed by atoms with van der Waals surface area (Å²) in [5, 5.41) is 2.71. The minimum absolute atomic E-state index is 0.0157. The molecule has 1 aliphatic heterocycles. The van der Waals surface area contributed by atoms with Crippen LogP contribution in [0.25, 0.3) is 0 Å². The Bertz CT molecular complexity index is 1270. The molecule has 1 N–H and O–H groups in total. The van der Waals surface area contributed by atoms with E-state index in [1.807, 2.05) is 37.3 Å². The topological polar surface area (TPSA) is 120 Å². The maximum atomic E-state index is 12.8. The first-order valence-electron chi connectivity index (χ1n) is 12.1. The van der Waals surface area contributed by atoms with Gasteiger partial charge in [0.1, 0.15) is 12.2 Å². The number of hydrogen-bond donors (Lipinski definition) is 1. The van der Waals surface area contributed by atoms with Crippen molar-refractivity contribution in [2.45, 2.75) is 58.9 Å². The molecule has 0 aliphatic carbocycles. The van der Waals surface area contributed by atoms with Gasteiger partial charge in [0, 0.05) is 19.2 Å². The molecule has 1 heterocycles. The molecule has 1 amide bonds. The molecule has 0 fully saturated rings. The van der Waals surface area contributed by atoms with Crippen LogP contribution in [0.15, 0.2) is 60.6 Å². The molecule has 0 bridgehead atoms. The van der Waals surface area contributed by atoms with Gasteiger partial charge in [-0.05, 0) is 49.9 Å². The van der Waals surface area contributed by atoms with E-state index in [2.05, 4.69) is 5.32 Å². The van der Waals surface area contributed by atoms with Crippen LogP contribution in [0.1, 0.15) is 55.5 Å². The van der Waals surface area contributed by atoms with Gasteiger partial charge in [-0.25, -0.2) is 4.79 Å². The molecular formula is C27H34N2O8S. The lowest BCUT2D eigenvalue weighted by atomic mass is 9.98. The number of rotatable bonds is 9. The number of methoxy groups -OCH3 is 1. The van der Waals surface area contributed by atoms with Crippen molar-refractivity contribution in [2.75, 3.05) is 13.7 Å². The second kappa shape index (κ2) is 12.3. The van der Waals surface area contributed by atoms with Gasteiger partial charge >= 0.3 is 22.4 Å². The number of amides is 1. The van der Waals surface area contributed by atoms with E-state index in [-0.39, 0.29) is 32.1 Å². The summed E-state index contributed by atoms with van der Waals surface area (Å²) in [5.74, 6) is -0.594. The van der Waals surface area contributed by atoms with E-state index in [0.29, 0.717) is 11.1 Å². The van der Waals surface area contributed by atoms with Crippen molar-refractivity contribution in [3.05, 3.63) is 82.8 Å². The average Bonchev–Trinajstić information content (AvgIpc) is 2.84. The number of esters is 1. The Morgan fingerprint density at radius 2 is 1.84 bits per heavy atom. The predicted molar refractivity (Wildman–Crippen MR) is 140 cm³/mol. The fourth-order valence-corrected chi connectivity index (χ4v) is 4.62. The zero-order chi connectivity index (χ0) is 27.9. The molecule has 11 heteroatoms. The van der Waals surface area contributed by atoms with E-state index >= 15 is 0 Å². The third kappa shape index (κ3) is 8.49. The van der Waals surface area contributed by atoms with Crippen LogP contribution in [0.3, 0.4) is 0 Å². The zero-order valence-electron chi connectivity index (χ0n) is 22.2. The van der Waals surface area contributed by atoms with Crippen LogP contribution in [-0.2, 0) is 46.6 Å². The molecule has 0 aromatic heterocycles. The highest BCUT2D eigenvalue weighted by Crippen LogP contribution is 2.26. The van der Waals surface area contributed by atoms with Crippen molar-refractivity contribution in [3.8, 4) is 0 Å². The van der Waals surface area contributed by atoms with Crippen LogP contribution in [0.4, 0.5) is 4.79 Å². The molecule has 0 saturated carbocycles. The molecule has 206 valence electrons. The quantitative estimate of drug-likeness (QED) is 0.463. The summed E-state index contributed by atoms with van der Waals surface area (Å²) in [5.41, 5.74) is 2.26. The fourth-order valence-electron chi connectivity index (χ4n) is 3.63. The number of ether oxygens (including phenoxy) is 3. The number of benzene rings is 2. The molecule has 1 aliphatic rings. The van der Waals surface area contributed by atoms with Crippen molar-refractivity contribution < 1.29 is 36.4 Å². The Kier molecular flexibility index (Phi) is 9.40. The molecule has 0 saturated heterocycles. The highest BCUT2D eigenvalue weighted by molar-refractivity contribution is 7.84. The first-order chi connectivity index (χ1) is 17.9. The maximum Gasteiger partial charge on any atom is 0.408 e. The largest absolute Gasteiger partial charge is 0.469 e. The van der Waals surface area contributed by atoms with Crippen LogP contribution in [0.2, 0.25) is 0 Å². The number of hydrogen-bond acceptors (Lipinski definition) is 8. The van der Waals surface area contributed by atoms with Crippen LogP contribution < -0.4 is 5.32 Å². The zero-order valence-corrected chi connectivity index (χ0v) is 23.0. The van der Waals surface area contributed by atoms with Crippen molar-refractivity contribution in [2.24, 2.45) is 0 Å². The van der Waals surface area contributed by atoms with Gasteiger partial charge in [0.15, 0.2) is 0 Å². The second-order valence-corrected chi connectivity index (χ2v) is 11.3. The average molecular weight is 547 g/mol. The molecule has 2 aromatic carbocycles. The first-order valence-corrected chi connectivity index (χ1v) is 13.4.